The van der Waals surface area contributed by atoms with E-state index in [2.05, 4.69) is 76.3 Å². The average Bonchev–Trinajstić information content (AvgIpc) is 2.84. The summed E-state index contributed by atoms with van der Waals surface area (Å²) in [4.78, 5) is 0. The van der Waals surface area contributed by atoms with Crippen molar-refractivity contribution in [1.29, 1.82) is 0 Å². The third-order valence-electron chi connectivity index (χ3n) is 5.32. The molecule has 1 heterocycles. The molecule has 1 nitrogen and oxygen atoms in total. The van der Waals surface area contributed by atoms with Crippen molar-refractivity contribution in [1.82, 2.24) is 0 Å². The van der Waals surface area contributed by atoms with Crippen LogP contribution in [0, 0.1) is 11.8 Å². The molecule has 1 aliphatic heterocycles. The number of rotatable bonds is 2. The lowest BCUT2D eigenvalue weighted by Gasteiger charge is -2.34. The van der Waals surface area contributed by atoms with E-state index in [1.165, 1.54) is 0 Å². The van der Waals surface area contributed by atoms with E-state index in [4.69, 9.17) is 4.74 Å². The molecule has 4 aromatic carbocycles. The summed E-state index contributed by atoms with van der Waals surface area (Å²) in [5, 5.41) is 0. The van der Waals surface area contributed by atoms with E-state index in [1.54, 1.807) is 0 Å². The molecule has 0 aromatic heterocycles. The maximum atomic E-state index is 6.65. The highest BCUT2D eigenvalue weighted by Gasteiger charge is 2.36. The third-order valence-corrected chi connectivity index (χ3v) is 5.85. The Morgan fingerprint density at radius 3 is 2.06 bits per heavy atom. The quantitative estimate of drug-likeness (QED) is 0.285. The van der Waals surface area contributed by atoms with Gasteiger partial charge in [0.05, 0.1) is 0 Å². The molecule has 5 rings (SSSR count). The van der Waals surface area contributed by atoms with Gasteiger partial charge in [0.1, 0.15) is 5.75 Å². The van der Waals surface area contributed by atoms with Gasteiger partial charge in [-0.25, -0.2) is 0 Å². The lowest BCUT2D eigenvalue weighted by Crippen LogP contribution is -2.32. The average molecular weight is 463 g/mol. The molecular weight excluding hydrogens is 444 g/mol. The molecule has 1 unspecified atom stereocenters. The van der Waals surface area contributed by atoms with E-state index < -0.39 is 5.60 Å². The molecule has 0 spiro atoms. The number of hydrogen-bond acceptors (Lipinski definition) is 1. The summed E-state index contributed by atoms with van der Waals surface area (Å²) in [6.45, 7) is 0. The molecule has 4 aromatic rings. The Morgan fingerprint density at radius 1 is 0.677 bits per heavy atom. The Hall–Kier alpha value is -3.54. The van der Waals surface area contributed by atoms with Gasteiger partial charge >= 0.3 is 0 Å². The van der Waals surface area contributed by atoms with Gasteiger partial charge in [-0.2, -0.15) is 0 Å². The Bertz CT molecular complexity index is 1300. The summed E-state index contributed by atoms with van der Waals surface area (Å²) in [7, 11) is 0. The first kappa shape index (κ1) is 19.4. The topological polar surface area (TPSA) is 9.23 Å². The van der Waals surface area contributed by atoms with Crippen molar-refractivity contribution in [2.45, 2.75) is 5.60 Å². The van der Waals surface area contributed by atoms with Crippen LogP contribution in [0.15, 0.2) is 120 Å². The van der Waals surface area contributed by atoms with Crippen LogP contribution in [0.1, 0.15) is 22.3 Å². The van der Waals surface area contributed by atoms with Crippen LogP contribution in [0.2, 0.25) is 0 Å². The zero-order valence-corrected chi connectivity index (χ0v) is 18.3. The van der Waals surface area contributed by atoms with Crippen molar-refractivity contribution in [2.75, 3.05) is 0 Å². The molecule has 0 saturated heterocycles. The van der Waals surface area contributed by atoms with Gasteiger partial charge in [0.2, 0.25) is 5.60 Å². The van der Waals surface area contributed by atoms with Crippen molar-refractivity contribution in [3.05, 3.63) is 142 Å². The monoisotopic (exact) mass is 462 g/mol. The first-order valence-corrected chi connectivity index (χ1v) is 10.9. The van der Waals surface area contributed by atoms with Gasteiger partial charge < -0.3 is 4.74 Å². The predicted octanol–water partition coefficient (Wildman–Crippen LogP) is 7.22. The summed E-state index contributed by atoms with van der Waals surface area (Å²) in [6, 6.07) is 36.8. The zero-order chi connectivity index (χ0) is 21.1. The Balaban J connectivity index is 1.76. The minimum Gasteiger partial charge on any atom is -0.466 e. The van der Waals surface area contributed by atoms with Crippen molar-refractivity contribution in [3.8, 4) is 17.6 Å². The fourth-order valence-corrected chi connectivity index (χ4v) is 4.04. The lowest BCUT2D eigenvalue weighted by molar-refractivity contribution is 0.179. The number of benzene rings is 4. The molecular formula is C29H19BrO. The number of fused-ring (bicyclic) bond motifs is 1. The first-order valence-electron chi connectivity index (χ1n) is 10.1. The lowest BCUT2D eigenvalue weighted by atomic mass is 9.84. The Morgan fingerprint density at radius 2 is 1.32 bits per heavy atom. The van der Waals surface area contributed by atoms with Crippen LogP contribution in [0.5, 0.6) is 5.75 Å². The molecule has 0 amide bonds. The van der Waals surface area contributed by atoms with E-state index in [0.717, 1.165) is 38.0 Å². The van der Waals surface area contributed by atoms with Crippen LogP contribution in [-0.2, 0) is 5.60 Å². The van der Waals surface area contributed by atoms with Gasteiger partial charge in [0.25, 0.3) is 0 Å². The molecule has 0 bridgehead atoms. The number of para-hydroxylation sites is 1. The van der Waals surface area contributed by atoms with Crippen LogP contribution >= 0.6 is 15.9 Å². The number of hydrogen-bond donors (Lipinski definition) is 0. The van der Waals surface area contributed by atoms with Gasteiger partial charge in [0.15, 0.2) is 0 Å². The van der Waals surface area contributed by atoms with E-state index in [-0.39, 0.29) is 0 Å². The van der Waals surface area contributed by atoms with Crippen molar-refractivity contribution < 1.29 is 4.74 Å². The highest BCUT2D eigenvalue weighted by Crippen LogP contribution is 2.43. The molecule has 1 atom stereocenters. The SMILES string of the molecule is Brc1ccc(C2(C#Cc3ccccc3)C=C(c3ccccc3)c3ccccc3O2)cc1. The fraction of sp³-hybridized carbons (Fsp3) is 0.0345. The summed E-state index contributed by atoms with van der Waals surface area (Å²) >= 11 is 3.54. The number of ether oxygens (including phenoxy) is 1. The minimum absolute atomic E-state index is 0.828. The second-order valence-electron chi connectivity index (χ2n) is 7.38. The third kappa shape index (κ3) is 3.93. The standard InChI is InChI=1S/C29H19BrO/c30-25-17-15-24(16-18-25)29(20-19-22-9-3-1-4-10-22)21-27(23-11-5-2-6-12-23)26-13-7-8-14-28(26)31-29/h1-18,21H. The van der Waals surface area contributed by atoms with Gasteiger partial charge in [-0.05, 0) is 53.5 Å². The van der Waals surface area contributed by atoms with Crippen LogP contribution in [0.25, 0.3) is 5.57 Å². The van der Waals surface area contributed by atoms with E-state index in [1.807, 2.05) is 66.7 Å². The molecule has 1 aliphatic rings. The molecule has 0 N–H and O–H groups in total. The highest BCUT2D eigenvalue weighted by atomic mass is 79.9. The maximum Gasteiger partial charge on any atom is 0.214 e. The van der Waals surface area contributed by atoms with Crippen LogP contribution < -0.4 is 4.74 Å². The maximum absolute atomic E-state index is 6.65. The van der Waals surface area contributed by atoms with Crippen molar-refractivity contribution in [2.24, 2.45) is 0 Å². The summed E-state index contributed by atoms with van der Waals surface area (Å²) in [5.74, 6) is 7.63. The minimum atomic E-state index is -0.907. The normalized spacial score (nSPS) is 16.9. The van der Waals surface area contributed by atoms with Gasteiger partial charge in [-0.3, -0.25) is 0 Å². The van der Waals surface area contributed by atoms with Gasteiger partial charge in [-0.15, -0.1) is 0 Å². The predicted molar refractivity (Wildman–Crippen MR) is 130 cm³/mol. The molecule has 0 radical (unpaired) electrons. The Labute approximate surface area is 191 Å². The summed E-state index contributed by atoms with van der Waals surface area (Å²) < 4.78 is 7.67. The second kappa shape index (κ2) is 8.30. The summed E-state index contributed by atoms with van der Waals surface area (Å²) in [6.07, 6.45) is 2.16. The highest BCUT2D eigenvalue weighted by molar-refractivity contribution is 9.10. The first-order chi connectivity index (χ1) is 15.2. The molecule has 31 heavy (non-hydrogen) atoms. The molecule has 0 saturated carbocycles. The second-order valence-corrected chi connectivity index (χ2v) is 8.30. The Kier molecular flexibility index (Phi) is 5.20. The summed E-state index contributed by atoms with van der Waals surface area (Å²) in [5.41, 5.74) is 4.37. The smallest absolute Gasteiger partial charge is 0.214 e. The molecule has 148 valence electrons. The van der Waals surface area contributed by atoms with Crippen LogP contribution in [0.4, 0.5) is 0 Å². The van der Waals surface area contributed by atoms with E-state index in [0.29, 0.717) is 0 Å². The molecule has 2 heteroatoms. The van der Waals surface area contributed by atoms with Crippen LogP contribution in [0.3, 0.4) is 0 Å². The van der Waals surface area contributed by atoms with E-state index in [9.17, 15) is 0 Å². The van der Waals surface area contributed by atoms with E-state index >= 15 is 0 Å². The molecule has 0 aliphatic carbocycles. The van der Waals surface area contributed by atoms with Crippen LogP contribution in [-0.4, -0.2) is 0 Å². The van der Waals surface area contributed by atoms with Gasteiger partial charge in [-0.1, -0.05) is 101 Å². The largest absolute Gasteiger partial charge is 0.466 e. The fourth-order valence-electron chi connectivity index (χ4n) is 3.78. The molecule has 0 fully saturated rings. The zero-order valence-electron chi connectivity index (χ0n) is 16.8. The van der Waals surface area contributed by atoms with Crippen molar-refractivity contribution in [3.63, 3.8) is 0 Å². The van der Waals surface area contributed by atoms with Gasteiger partial charge in [0, 0.05) is 21.2 Å². The van der Waals surface area contributed by atoms with Crippen molar-refractivity contribution >= 4 is 21.5 Å². The number of halogens is 1.